The van der Waals surface area contributed by atoms with Crippen LogP contribution < -0.4 is 0 Å². The van der Waals surface area contributed by atoms with Crippen LogP contribution in [0.25, 0.3) is 0 Å². The Labute approximate surface area is 131 Å². The van der Waals surface area contributed by atoms with Crippen molar-refractivity contribution in [2.24, 2.45) is 17.3 Å². The standard InChI is InChI=1S/C19H33NO/c1-11(2)16-17(12(3)4)20(13(5)6)18(21)14(7)15(8)19(16,9)10/h11-13H,1-10H3. The van der Waals surface area contributed by atoms with Gasteiger partial charge in [0.05, 0.1) is 0 Å². The Bertz CT molecular complexity index is 490. The lowest BCUT2D eigenvalue weighted by atomic mass is 9.71. The lowest BCUT2D eigenvalue weighted by molar-refractivity contribution is -0.127. The summed E-state index contributed by atoms with van der Waals surface area (Å²) in [4.78, 5) is 15.0. The molecule has 2 heteroatoms. The first-order valence-corrected chi connectivity index (χ1v) is 8.20. The minimum absolute atomic E-state index is 0.0723. The molecule has 120 valence electrons. The number of nitrogens with zero attached hydrogens (tertiary/aromatic N) is 1. The maximum atomic E-state index is 13.0. The molecule has 0 N–H and O–H groups in total. The highest BCUT2D eigenvalue weighted by atomic mass is 16.2. The van der Waals surface area contributed by atoms with Gasteiger partial charge in [0.1, 0.15) is 0 Å². The average Bonchev–Trinajstić information content (AvgIpc) is 2.38. The van der Waals surface area contributed by atoms with Gasteiger partial charge in [-0.25, -0.2) is 0 Å². The molecule has 21 heavy (non-hydrogen) atoms. The molecule has 0 aromatic rings. The highest BCUT2D eigenvalue weighted by Gasteiger charge is 2.40. The van der Waals surface area contributed by atoms with Gasteiger partial charge in [0.25, 0.3) is 5.91 Å². The number of amides is 1. The van der Waals surface area contributed by atoms with Crippen LogP contribution in [0, 0.1) is 17.3 Å². The smallest absolute Gasteiger partial charge is 0.253 e. The molecule has 1 aliphatic rings. The third-order valence-corrected chi connectivity index (χ3v) is 4.89. The molecule has 0 saturated heterocycles. The van der Waals surface area contributed by atoms with E-state index >= 15 is 0 Å². The van der Waals surface area contributed by atoms with Crippen LogP contribution in [-0.4, -0.2) is 16.8 Å². The number of carbonyl (C=O) groups excluding carboxylic acids is 1. The monoisotopic (exact) mass is 291 g/mol. The topological polar surface area (TPSA) is 20.3 Å². The predicted octanol–water partition coefficient (Wildman–Crippen LogP) is 5.17. The zero-order valence-electron chi connectivity index (χ0n) is 15.6. The van der Waals surface area contributed by atoms with E-state index < -0.39 is 0 Å². The van der Waals surface area contributed by atoms with E-state index in [1.165, 1.54) is 16.8 Å². The van der Waals surface area contributed by atoms with Crippen molar-refractivity contribution in [1.29, 1.82) is 0 Å². The number of hydrogen-bond donors (Lipinski definition) is 0. The SMILES string of the molecule is CC1=C(C)C(C)(C)C(C(C)C)=C(C(C)C)N(C(C)C)C1=O. The van der Waals surface area contributed by atoms with Crippen molar-refractivity contribution in [3.63, 3.8) is 0 Å². The Morgan fingerprint density at radius 3 is 1.71 bits per heavy atom. The van der Waals surface area contributed by atoms with Gasteiger partial charge in [0.2, 0.25) is 0 Å². The molecule has 1 amide bonds. The lowest BCUT2D eigenvalue weighted by Gasteiger charge is -2.38. The molecule has 0 radical (unpaired) electrons. The number of rotatable bonds is 3. The van der Waals surface area contributed by atoms with Gasteiger partial charge >= 0.3 is 0 Å². The van der Waals surface area contributed by atoms with Crippen molar-refractivity contribution in [3.05, 3.63) is 22.4 Å². The Kier molecular flexibility index (Phi) is 5.13. The second kappa shape index (κ2) is 5.98. The van der Waals surface area contributed by atoms with E-state index in [1.807, 2.05) is 11.8 Å². The van der Waals surface area contributed by atoms with Gasteiger partial charge in [-0.15, -0.1) is 0 Å². The summed E-state index contributed by atoms with van der Waals surface area (Å²) >= 11 is 0. The van der Waals surface area contributed by atoms with Gasteiger partial charge < -0.3 is 4.90 Å². The molecule has 0 spiro atoms. The molecular weight excluding hydrogens is 258 g/mol. The Morgan fingerprint density at radius 1 is 0.905 bits per heavy atom. The molecule has 0 bridgehead atoms. The van der Waals surface area contributed by atoms with Crippen LogP contribution in [0.15, 0.2) is 22.4 Å². The Morgan fingerprint density at radius 2 is 1.38 bits per heavy atom. The average molecular weight is 291 g/mol. The van der Waals surface area contributed by atoms with E-state index in [9.17, 15) is 4.79 Å². The molecular formula is C19H33NO. The number of allylic oxidation sites excluding steroid dienone is 3. The molecule has 0 aromatic heterocycles. The quantitative estimate of drug-likeness (QED) is 0.703. The van der Waals surface area contributed by atoms with Crippen molar-refractivity contribution >= 4 is 5.91 Å². The molecule has 1 heterocycles. The van der Waals surface area contributed by atoms with E-state index in [4.69, 9.17) is 0 Å². The van der Waals surface area contributed by atoms with Gasteiger partial charge in [-0.05, 0) is 45.1 Å². The molecule has 0 aliphatic carbocycles. The normalized spacial score (nSPS) is 20.2. The van der Waals surface area contributed by atoms with Crippen LogP contribution in [0.2, 0.25) is 0 Å². The first-order chi connectivity index (χ1) is 9.44. The van der Waals surface area contributed by atoms with E-state index in [2.05, 4.69) is 62.3 Å². The number of hydrogen-bond acceptors (Lipinski definition) is 1. The molecule has 0 fully saturated rings. The minimum Gasteiger partial charge on any atom is -0.310 e. The summed E-state index contributed by atoms with van der Waals surface area (Å²) in [5, 5.41) is 0. The van der Waals surface area contributed by atoms with E-state index in [1.54, 1.807) is 0 Å². The second-order valence-electron chi connectivity index (χ2n) is 7.75. The maximum Gasteiger partial charge on any atom is 0.253 e. The van der Waals surface area contributed by atoms with Crippen LogP contribution >= 0.6 is 0 Å². The van der Waals surface area contributed by atoms with Crippen LogP contribution in [-0.2, 0) is 4.79 Å². The predicted molar refractivity (Wildman–Crippen MR) is 90.8 cm³/mol. The Hall–Kier alpha value is -1.05. The highest BCUT2D eigenvalue weighted by Crippen LogP contribution is 2.46. The Balaban J connectivity index is 3.84. The maximum absolute atomic E-state index is 13.0. The van der Waals surface area contributed by atoms with Crippen molar-refractivity contribution < 1.29 is 4.79 Å². The molecule has 0 unspecified atom stereocenters. The van der Waals surface area contributed by atoms with Crippen molar-refractivity contribution in [1.82, 2.24) is 4.90 Å². The molecule has 1 aliphatic heterocycles. The van der Waals surface area contributed by atoms with Crippen LogP contribution in [0.5, 0.6) is 0 Å². The van der Waals surface area contributed by atoms with Gasteiger partial charge in [0, 0.05) is 22.7 Å². The zero-order valence-corrected chi connectivity index (χ0v) is 15.6. The number of carbonyl (C=O) groups is 1. The van der Waals surface area contributed by atoms with Gasteiger partial charge in [0.15, 0.2) is 0 Å². The van der Waals surface area contributed by atoms with Gasteiger partial charge in [-0.2, -0.15) is 0 Å². The summed E-state index contributed by atoms with van der Waals surface area (Å²) in [5.41, 5.74) is 4.68. The lowest BCUT2D eigenvalue weighted by Crippen LogP contribution is -2.39. The first-order valence-electron chi connectivity index (χ1n) is 8.20. The highest BCUT2D eigenvalue weighted by molar-refractivity contribution is 5.96. The fraction of sp³-hybridized carbons (Fsp3) is 0.737. The molecule has 1 rings (SSSR count). The van der Waals surface area contributed by atoms with Crippen LogP contribution in [0.4, 0.5) is 0 Å². The zero-order chi connectivity index (χ0) is 16.7. The van der Waals surface area contributed by atoms with E-state index in [0.29, 0.717) is 11.8 Å². The molecule has 0 atom stereocenters. The van der Waals surface area contributed by atoms with E-state index in [0.717, 1.165) is 5.57 Å². The summed E-state index contributed by atoms with van der Waals surface area (Å²) in [6, 6.07) is 0.181. The third-order valence-electron chi connectivity index (χ3n) is 4.89. The van der Waals surface area contributed by atoms with Gasteiger partial charge in [-0.3, -0.25) is 4.79 Å². The summed E-state index contributed by atoms with van der Waals surface area (Å²) in [5.74, 6) is 0.939. The summed E-state index contributed by atoms with van der Waals surface area (Å²) in [6.07, 6.45) is 0. The molecule has 2 nitrogen and oxygen atoms in total. The third kappa shape index (κ3) is 2.95. The first kappa shape index (κ1) is 18.0. The minimum atomic E-state index is -0.0723. The largest absolute Gasteiger partial charge is 0.310 e. The summed E-state index contributed by atoms with van der Waals surface area (Å²) in [6.45, 7) is 21.7. The van der Waals surface area contributed by atoms with E-state index in [-0.39, 0.29) is 17.4 Å². The fourth-order valence-corrected chi connectivity index (χ4v) is 3.69. The molecule has 0 saturated carbocycles. The van der Waals surface area contributed by atoms with Crippen molar-refractivity contribution in [3.8, 4) is 0 Å². The molecule has 0 aromatic carbocycles. The second-order valence-corrected chi connectivity index (χ2v) is 7.75. The van der Waals surface area contributed by atoms with Crippen LogP contribution in [0.3, 0.4) is 0 Å². The van der Waals surface area contributed by atoms with Gasteiger partial charge in [-0.1, -0.05) is 47.1 Å². The van der Waals surface area contributed by atoms with Crippen LogP contribution in [0.1, 0.15) is 69.2 Å². The van der Waals surface area contributed by atoms with Crippen molar-refractivity contribution in [2.75, 3.05) is 0 Å². The van der Waals surface area contributed by atoms with Crippen molar-refractivity contribution in [2.45, 2.75) is 75.3 Å². The summed E-state index contributed by atoms with van der Waals surface area (Å²) in [7, 11) is 0. The summed E-state index contributed by atoms with van der Waals surface area (Å²) < 4.78 is 0. The fourth-order valence-electron chi connectivity index (χ4n) is 3.69.